The van der Waals surface area contributed by atoms with Crippen molar-refractivity contribution in [1.82, 2.24) is 14.7 Å². The third-order valence-corrected chi connectivity index (χ3v) is 8.45. The number of benzene rings is 2. The van der Waals surface area contributed by atoms with Gasteiger partial charge in [-0.15, -0.1) is 0 Å². The number of aromatic hydroxyl groups is 1. The third kappa shape index (κ3) is 7.13. The van der Waals surface area contributed by atoms with E-state index in [0.717, 1.165) is 48.9 Å². The molecule has 0 spiro atoms. The second-order valence-electron chi connectivity index (χ2n) is 11.4. The van der Waals surface area contributed by atoms with E-state index in [2.05, 4.69) is 33.5 Å². The molecule has 1 saturated carbocycles. The second-order valence-corrected chi connectivity index (χ2v) is 11.4. The molecule has 1 unspecified atom stereocenters. The topological polar surface area (TPSA) is 109 Å². The molecule has 1 aromatic heterocycles. The van der Waals surface area contributed by atoms with Gasteiger partial charge < -0.3 is 29.7 Å². The highest BCUT2D eigenvalue weighted by molar-refractivity contribution is 5.99. The van der Waals surface area contributed by atoms with Gasteiger partial charge in [0.05, 0.1) is 31.5 Å². The van der Waals surface area contributed by atoms with Crippen molar-refractivity contribution in [2.45, 2.75) is 71.0 Å². The SMILES string of the molecule is CCN(c1ccc(O)c2c1OCC(=O)N2)C(C)N(C(=O)CCOCCc1cccc(-c2cnn(C)c2)c1)C1CCCCC1. The number of amides is 2. The van der Waals surface area contributed by atoms with Gasteiger partial charge in [-0.2, -0.15) is 5.10 Å². The average Bonchev–Trinajstić information content (AvgIpc) is 3.45. The molecule has 43 heavy (non-hydrogen) atoms. The van der Waals surface area contributed by atoms with Crippen molar-refractivity contribution in [3.05, 3.63) is 54.4 Å². The van der Waals surface area contributed by atoms with Gasteiger partial charge in [-0.1, -0.05) is 43.5 Å². The molecule has 0 saturated heterocycles. The van der Waals surface area contributed by atoms with E-state index in [9.17, 15) is 14.7 Å². The molecule has 2 N–H and O–H groups in total. The van der Waals surface area contributed by atoms with Gasteiger partial charge in [-0.3, -0.25) is 14.3 Å². The van der Waals surface area contributed by atoms with Crippen LogP contribution in [0.3, 0.4) is 0 Å². The van der Waals surface area contributed by atoms with E-state index in [1.54, 1.807) is 16.8 Å². The Labute approximate surface area is 253 Å². The predicted octanol–water partition coefficient (Wildman–Crippen LogP) is 5.11. The predicted molar refractivity (Wildman–Crippen MR) is 166 cm³/mol. The Morgan fingerprint density at radius 2 is 2.00 bits per heavy atom. The zero-order valence-corrected chi connectivity index (χ0v) is 25.4. The summed E-state index contributed by atoms with van der Waals surface area (Å²) in [5.41, 5.74) is 4.40. The Kier molecular flexibility index (Phi) is 9.86. The highest BCUT2D eigenvalue weighted by Gasteiger charge is 2.34. The van der Waals surface area contributed by atoms with Crippen molar-refractivity contribution in [3.63, 3.8) is 0 Å². The molecule has 5 rings (SSSR count). The summed E-state index contributed by atoms with van der Waals surface area (Å²) in [6.07, 6.45) is 10.0. The molecule has 2 heterocycles. The van der Waals surface area contributed by atoms with Crippen LogP contribution in [0.15, 0.2) is 48.8 Å². The first-order valence-corrected chi connectivity index (χ1v) is 15.4. The number of nitrogens with zero attached hydrogens (tertiary/aromatic N) is 4. The number of carbonyl (C=O) groups is 2. The quantitative estimate of drug-likeness (QED) is 0.172. The van der Waals surface area contributed by atoms with Gasteiger partial charge in [0, 0.05) is 31.4 Å². The van der Waals surface area contributed by atoms with Gasteiger partial charge in [-0.25, -0.2) is 0 Å². The Bertz CT molecular complexity index is 1420. The second kappa shape index (κ2) is 13.9. The number of rotatable bonds is 12. The molecule has 0 bridgehead atoms. The van der Waals surface area contributed by atoms with E-state index >= 15 is 0 Å². The first-order valence-electron chi connectivity index (χ1n) is 15.4. The highest BCUT2D eigenvalue weighted by atomic mass is 16.5. The number of carbonyl (C=O) groups excluding carboxylic acids is 2. The summed E-state index contributed by atoms with van der Waals surface area (Å²) in [6, 6.07) is 11.9. The van der Waals surface area contributed by atoms with Gasteiger partial charge in [0.15, 0.2) is 12.4 Å². The Hall–Kier alpha value is -4.05. The fraction of sp³-hybridized carbons (Fsp3) is 0.485. The Morgan fingerprint density at radius 1 is 1.19 bits per heavy atom. The van der Waals surface area contributed by atoms with Gasteiger partial charge >= 0.3 is 0 Å². The number of anilines is 2. The summed E-state index contributed by atoms with van der Waals surface area (Å²) in [4.78, 5) is 29.9. The molecule has 1 aliphatic heterocycles. The standard InChI is InChI=1S/C33H43N5O5/c1-4-37(28-13-14-29(39)32-33(28)43-22-30(40)35-32)23(2)38(27-11-6-5-7-12-27)31(41)16-18-42-17-15-24-9-8-10-25(19-24)26-20-34-36(3)21-26/h8-10,13-14,19-21,23,27,39H,4-7,11-12,15-18,22H2,1-3H3,(H,35,40). The van der Waals surface area contributed by atoms with Crippen LogP contribution in [-0.2, 0) is 27.8 Å². The van der Waals surface area contributed by atoms with Crippen LogP contribution in [0.2, 0.25) is 0 Å². The summed E-state index contributed by atoms with van der Waals surface area (Å²) >= 11 is 0. The van der Waals surface area contributed by atoms with Gasteiger partial charge in [-0.05, 0) is 56.4 Å². The van der Waals surface area contributed by atoms with Crippen molar-refractivity contribution in [2.24, 2.45) is 7.05 Å². The smallest absolute Gasteiger partial charge is 0.262 e. The van der Waals surface area contributed by atoms with Crippen molar-refractivity contribution < 1.29 is 24.2 Å². The van der Waals surface area contributed by atoms with Crippen LogP contribution in [0, 0.1) is 0 Å². The van der Waals surface area contributed by atoms with Crippen molar-refractivity contribution in [1.29, 1.82) is 0 Å². The summed E-state index contributed by atoms with van der Waals surface area (Å²) in [7, 11) is 1.91. The summed E-state index contributed by atoms with van der Waals surface area (Å²) in [6.45, 7) is 5.46. The van der Waals surface area contributed by atoms with Crippen LogP contribution < -0.4 is 15.0 Å². The van der Waals surface area contributed by atoms with E-state index < -0.39 is 0 Å². The zero-order valence-electron chi connectivity index (χ0n) is 25.4. The highest BCUT2D eigenvalue weighted by Crippen LogP contribution is 2.44. The molecule has 230 valence electrons. The number of phenols is 1. The van der Waals surface area contributed by atoms with Gasteiger partial charge in [0.1, 0.15) is 17.6 Å². The summed E-state index contributed by atoms with van der Waals surface area (Å²) in [5.74, 6) is 0.145. The maximum absolute atomic E-state index is 13.8. The summed E-state index contributed by atoms with van der Waals surface area (Å²) < 4.78 is 13.6. The minimum Gasteiger partial charge on any atom is -0.506 e. The van der Waals surface area contributed by atoms with E-state index in [1.165, 1.54) is 12.0 Å². The van der Waals surface area contributed by atoms with Gasteiger partial charge in [0.2, 0.25) is 5.91 Å². The number of fused-ring (bicyclic) bond motifs is 1. The lowest BCUT2D eigenvalue weighted by atomic mass is 9.93. The zero-order chi connectivity index (χ0) is 30.3. The minimum atomic E-state index is -0.309. The first-order chi connectivity index (χ1) is 20.9. The first kappa shape index (κ1) is 30.4. The van der Waals surface area contributed by atoms with Gasteiger partial charge in [0.25, 0.3) is 5.91 Å². The van der Waals surface area contributed by atoms with Crippen LogP contribution in [-0.4, -0.2) is 70.2 Å². The summed E-state index contributed by atoms with van der Waals surface area (Å²) in [5, 5.41) is 17.4. The van der Waals surface area contributed by atoms with E-state index in [-0.39, 0.29) is 42.1 Å². The molecule has 1 aliphatic carbocycles. The third-order valence-electron chi connectivity index (χ3n) is 8.45. The maximum atomic E-state index is 13.8. The fourth-order valence-electron chi connectivity index (χ4n) is 6.29. The minimum absolute atomic E-state index is 0.0448. The number of aryl methyl sites for hydroxylation is 1. The van der Waals surface area contributed by atoms with E-state index in [4.69, 9.17) is 9.47 Å². The molecular weight excluding hydrogens is 546 g/mol. The molecule has 1 atom stereocenters. The largest absolute Gasteiger partial charge is 0.506 e. The molecule has 0 radical (unpaired) electrons. The van der Waals surface area contributed by atoms with E-state index in [0.29, 0.717) is 31.9 Å². The molecule has 10 heteroatoms. The normalized spacial score (nSPS) is 15.7. The molecule has 2 aromatic carbocycles. The lowest BCUT2D eigenvalue weighted by Crippen LogP contribution is -2.54. The fourth-order valence-corrected chi connectivity index (χ4v) is 6.29. The van der Waals surface area contributed by atoms with Crippen molar-refractivity contribution in [2.75, 3.05) is 36.6 Å². The van der Waals surface area contributed by atoms with Crippen LogP contribution in [0.25, 0.3) is 11.1 Å². The average molecular weight is 590 g/mol. The number of phenolic OH excluding ortho intramolecular Hbond substituents is 1. The maximum Gasteiger partial charge on any atom is 0.262 e. The monoisotopic (exact) mass is 589 g/mol. The van der Waals surface area contributed by atoms with Crippen LogP contribution in [0.4, 0.5) is 11.4 Å². The Morgan fingerprint density at radius 3 is 2.74 bits per heavy atom. The number of hydrogen-bond acceptors (Lipinski definition) is 7. The van der Waals surface area contributed by atoms with Crippen LogP contribution in [0.5, 0.6) is 11.5 Å². The van der Waals surface area contributed by atoms with Crippen LogP contribution >= 0.6 is 0 Å². The molecule has 2 aliphatic rings. The van der Waals surface area contributed by atoms with Crippen molar-refractivity contribution >= 4 is 23.2 Å². The lowest BCUT2D eigenvalue weighted by molar-refractivity contribution is -0.138. The molecule has 3 aromatic rings. The lowest BCUT2D eigenvalue weighted by Gasteiger charge is -2.44. The van der Waals surface area contributed by atoms with E-state index in [1.807, 2.05) is 44.3 Å². The van der Waals surface area contributed by atoms with Crippen molar-refractivity contribution in [3.8, 4) is 22.6 Å². The molecule has 10 nitrogen and oxygen atoms in total. The number of nitrogens with one attached hydrogen (secondary N) is 1. The number of hydrogen-bond donors (Lipinski definition) is 2. The number of ether oxygens (including phenoxy) is 2. The molecule has 2 amide bonds. The number of aromatic nitrogens is 2. The van der Waals surface area contributed by atoms with Crippen LogP contribution in [0.1, 0.15) is 57.9 Å². The Balaban J connectivity index is 1.23. The molecular formula is C33H43N5O5. The molecule has 1 fully saturated rings.